The number of carbonyl (C=O) groups excluding carboxylic acids is 1. The normalized spacial score (nSPS) is 11.9. The summed E-state index contributed by atoms with van der Waals surface area (Å²) in [5, 5.41) is 6.19. The lowest BCUT2D eigenvalue weighted by atomic mass is 10.1. The molecule has 0 heterocycles. The highest BCUT2D eigenvalue weighted by Crippen LogP contribution is 2.15. The second-order valence-corrected chi connectivity index (χ2v) is 5.49. The fourth-order valence-electron chi connectivity index (χ4n) is 2.19. The van der Waals surface area contributed by atoms with Gasteiger partial charge in [0, 0.05) is 6.08 Å². The van der Waals surface area contributed by atoms with E-state index >= 15 is 0 Å². The first kappa shape index (κ1) is 16.9. The van der Waals surface area contributed by atoms with Gasteiger partial charge in [-0.05, 0) is 35.8 Å². The van der Waals surface area contributed by atoms with E-state index in [0.717, 1.165) is 17.5 Å². The van der Waals surface area contributed by atoms with E-state index < -0.39 is 0 Å². The Balaban J connectivity index is 1.88. The molecule has 0 aliphatic carbocycles. The molecule has 0 radical (unpaired) electrons. The van der Waals surface area contributed by atoms with Crippen LogP contribution in [0, 0.1) is 0 Å². The third-order valence-corrected chi connectivity index (χ3v) is 3.60. The number of carbonyl (C=O) groups is 1. The SMILES string of the molecule is CCC(NC(=S)NC(=O)/C=C/c1ccccc1)c1ccccc1. The monoisotopic (exact) mass is 324 g/mol. The van der Waals surface area contributed by atoms with Crippen LogP contribution in [0.2, 0.25) is 0 Å². The van der Waals surface area contributed by atoms with E-state index in [2.05, 4.69) is 17.6 Å². The van der Waals surface area contributed by atoms with Crippen LogP contribution >= 0.6 is 12.2 Å². The summed E-state index contributed by atoms with van der Waals surface area (Å²) in [6.45, 7) is 2.07. The molecule has 2 rings (SSSR count). The minimum atomic E-state index is -0.241. The third kappa shape index (κ3) is 5.68. The lowest BCUT2D eigenvalue weighted by Gasteiger charge is -2.19. The first-order chi connectivity index (χ1) is 11.2. The lowest BCUT2D eigenvalue weighted by Crippen LogP contribution is -2.40. The highest BCUT2D eigenvalue weighted by molar-refractivity contribution is 7.80. The van der Waals surface area contributed by atoms with Crippen LogP contribution in [0.15, 0.2) is 66.7 Å². The van der Waals surface area contributed by atoms with E-state index in [1.807, 2.05) is 60.7 Å². The predicted molar refractivity (Wildman–Crippen MR) is 98.8 cm³/mol. The summed E-state index contributed by atoms with van der Waals surface area (Å²) in [7, 11) is 0. The van der Waals surface area contributed by atoms with Crippen molar-refractivity contribution >= 4 is 29.3 Å². The molecule has 118 valence electrons. The molecule has 2 aromatic carbocycles. The smallest absolute Gasteiger partial charge is 0.250 e. The summed E-state index contributed by atoms with van der Waals surface area (Å²) in [6.07, 6.45) is 4.11. The summed E-state index contributed by atoms with van der Waals surface area (Å²) >= 11 is 5.23. The van der Waals surface area contributed by atoms with Gasteiger partial charge in [-0.2, -0.15) is 0 Å². The average molecular weight is 324 g/mol. The molecular weight excluding hydrogens is 304 g/mol. The molecule has 23 heavy (non-hydrogen) atoms. The fourth-order valence-corrected chi connectivity index (χ4v) is 2.43. The van der Waals surface area contributed by atoms with Crippen molar-refractivity contribution in [1.29, 1.82) is 0 Å². The van der Waals surface area contributed by atoms with Crippen LogP contribution in [0.3, 0.4) is 0 Å². The van der Waals surface area contributed by atoms with Gasteiger partial charge in [0.25, 0.3) is 0 Å². The van der Waals surface area contributed by atoms with E-state index in [0.29, 0.717) is 5.11 Å². The van der Waals surface area contributed by atoms with Gasteiger partial charge < -0.3 is 5.32 Å². The molecule has 4 heteroatoms. The molecule has 0 bridgehead atoms. The first-order valence-corrected chi connectivity index (χ1v) is 7.99. The van der Waals surface area contributed by atoms with Gasteiger partial charge in [-0.25, -0.2) is 0 Å². The minimum Gasteiger partial charge on any atom is -0.356 e. The Morgan fingerprint density at radius 3 is 2.30 bits per heavy atom. The van der Waals surface area contributed by atoms with Gasteiger partial charge in [-0.3, -0.25) is 10.1 Å². The summed E-state index contributed by atoms with van der Waals surface area (Å²) < 4.78 is 0. The Morgan fingerprint density at radius 2 is 1.70 bits per heavy atom. The topological polar surface area (TPSA) is 41.1 Å². The lowest BCUT2D eigenvalue weighted by molar-refractivity contribution is -0.115. The van der Waals surface area contributed by atoms with Crippen molar-refractivity contribution < 1.29 is 4.79 Å². The molecule has 1 atom stereocenters. The third-order valence-electron chi connectivity index (χ3n) is 3.38. The molecule has 2 aromatic rings. The minimum absolute atomic E-state index is 0.0853. The van der Waals surface area contributed by atoms with Crippen LogP contribution < -0.4 is 10.6 Å². The number of benzene rings is 2. The number of thiocarbonyl (C=S) groups is 1. The van der Waals surface area contributed by atoms with Crippen molar-refractivity contribution in [3.63, 3.8) is 0 Å². The second-order valence-electron chi connectivity index (χ2n) is 5.08. The molecule has 1 unspecified atom stereocenters. The van der Waals surface area contributed by atoms with Gasteiger partial charge in [0.05, 0.1) is 6.04 Å². The summed E-state index contributed by atoms with van der Waals surface area (Å²) in [6, 6.07) is 19.8. The molecule has 0 saturated heterocycles. The molecule has 0 spiro atoms. The van der Waals surface area contributed by atoms with E-state index in [-0.39, 0.29) is 11.9 Å². The van der Waals surface area contributed by atoms with Gasteiger partial charge in [-0.1, -0.05) is 67.6 Å². The van der Waals surface area contributed by atoms with Crippen molar-refractivity contribution in [2.75, 3.05) is 0 Å². The fraction of sp³-hybridized carbons (Fsp3) is 0.158. The Morgan fingerprint density at radius 1 is 1.09 bits per heavy atom. The maximum absolute atomic E-state index is 11.9. The van der Waals surface area contributed by atoms with E-state index in [4.69, 9.17) is 12.2 Å². The van der Waals surface area contributed by atoms with Crippen molar-refractivity contribution in [2.24, 2.45) is 0 Å². The number of rotatable bonds is 5. The zero-order valence-electron chi connectivity index (χ0n) is 13.0. The van der Waals surface area contributed by atoms with E-state index in [9.17, 15) is 4.79 Å². The van der Waals surface area contributed by atoms with E-state index in [1.165, 1.54) is 6.08 Å². The first-order valence-electron chi connectivity index (χ1n) is 7.58. The zero-order valence-corrected chi connectivity index (χ0v) is 13.8. The van der Waals surface area contributed by atoms with Crippen molar-refractivity contribution in [3.05, 3.63) is 77.9 Å². The molecule has 3 nitrogen and oxygen atoms in total. The highest BCUT2D eigenvalue weighted by atomic mass is 32.1. The number of amides is 1. The van der Waals surface area contributed by atoms with Gasteiger partial charge in [0.1, 0.15) is 0 Å². The number of hydrogen-bond donors (Lipinski definition) is 2. The van der Waals surface area contributed by atoms with Crippen molar-refractivity contribution in [3.8, 4) is 0 Å². The maximum atomic E-state index is 11.9. The predicted octanol–water partition coefficient (Wildman–Crippen LogP) is 3.84. The van der Waals surface area contributed by atoms with Crippen LogP contribution in [0.1, 0.15) is 30.5 Å². The van der Waals surface area contributed by atoms with Crippen LogP contribution in [0.25, 0.3) is 6.08 Å². The summed E-state index contributed by atoms with van der Waals surface area (Å²) in [4.78, 5) is 11.9. The zero-order chi connectivity index (χ0) is 16.5. The van der Waals surface area contributed by atoms with Gasteiger partial charge >= 0.3 is 0 Å². The van der Waals surface area contributed by atoms with Crippen LogP contribution in [-0.4, -0.2) is 11.0 Å². The standard InChI is InChI=1S/C19H20N2OS/c1-2-17(16-11-7-4-8-12-16)20-19(23)21-18(22)14-13-15-9-5-3-6-10-15/h3-14,17H,2H2,1H3,(H2,20,21,22,23)/b14-13+. The van der Waals surface area contributed by atoms with Crippen LogP contribution in [0.4, 0.5) is 0 Å². The molecule has 0 aliphatic rings. The largest absolute Gasteiger partial charge is 0.356 e. The maximum Gasteiger partial charge on any atom is 0.250 e. The molecular formula is C19H20N2OS. The Bertz CT molecular complexity index is 668. The summed E-state index contributed by atoms with van der Waals surface area (Å²) in [5.41, 5.74) is 2.11. The van der Waals surface area contributed by atoms with Crippen molar-refractivity contribution in [1.82, 2.24) is 10.6 Å². The quantitative estimate of drug-likeness (QED) is 0.648. The van der Waals surface area contributed by atoms with Crippen molar-refractivity contribution in [2.45, 2.75) is 19.4 Å². The van der Waals surface area contributed by atoms with Crippen LogP contribution in [0.5, 0.6) is 0 Å². The Hall–Kier alpha value is -2.46. The van der Waals surface area contributed by atoms with Crippen LogP contribution in [-0.2, 0) is 4.79 Å². The Kier molecular flexibility index (Phi) is 6.51. The molecule has 0 aromatic heterocycles. The molecule has 0 aliphatic heterocycles. The van der Waals surface area contributed by atoms with Gasteiger partial charge in [0.15, 0.2) is 5.11 Å². The van der Waals surface area contributed by atoms with Gasteiger partial charge in [0.2, 0.25) is 5.91 Å². The number of hydrogen-bond acceptors (Lipinski definition) is 2. The number of nitrogens with one attached hydrogen (secondary N) is 2. The molecule has 2 N–H and O–H groups in total. The highest BCUT2D eigenvalue weighted by Gasteiger charge is 2.10. The van der Waals surface area contributed by atoms with Gasteiger partial charge in [-0.15, -0.1) is 0 Å². The molecule has 0 fully saturated rings. The Labute approximate surface area is 142 Å². The summed E-state index contributed by atoms with van der Waals surface area (Å²) in [5.74, 6) is -0.241. The average Bonchev–Trinajstić information content (AvgIpc) is 2.59. The van der Waals surface area contributed by atoms with E-state index in [1.54, 1.807) is 6.08 Å². The molecule has 0 saturated carbocycles. The second kappa shape index (κ2) is 8.86. The molecule has 1 amide bonds.